The number of rotatable bonds is 7. The first kappa shape index (κ1) is 15.5. The summed E-state index contributed by atoms with van der Waals surface area (Å²) in [6, 6.07) is 6.52. The number of benzene rings is 1. The van der Waals surface area contributed by atoms with Crippen molar-refractivity contribution >= 4 is 17.3 Å². The van der Waals surface area contributed by atoms with Crippen molar-refractivity contribution in [2.75, 3.05) is 10.6 Å². The van der Waals surface area contributed by atoms with Crippen molar-refractivity contribution in [3.8, 4) is 0 Å². The second-order valence-electron chi connectivity index (χ2n) is 5.13. The minimum absolute atomic E-state index is 0.0338. The smallest absolute Gasteiger partial charge is 0.221 e. The summed E-state index contributed by atoms with van der Waals surface area (Å²) in [5.74, 6) is -0.0338. The molecule has 0 aliphatic carbocycles. The molecule has 2 N–H and O–H groups in total. The first-order valence-electron chi connectivity index (χ1n) is 7.21. The van der Waals surface area contributed by atoms with E-state index in [4.69, 9.17) is 0 Å². The molecule has 0 spiro atoms. The van der Waals surface area contributed by atoms with E-state index in [9.17, 15) is 4.79 Å². The van der Waals surface area contributed by atoms with Gasteiger partial charge in [0.05, 0.1) is 0 Å². The molecule has 0 aliphatic rings. The van der Waals surface area contributed by atoms with E-state index in [0.717, 1.165) is 11.4 Å². The Morgan fingerprint density at radius 3 is 2.37 bits per heavy atom. The summed E-state index contributed by atoms with van der Waals surface area (Å²) in [6.07, 6.45) is 4.72. The Hall–Kier alpha value is -1.51. The summed E-state index contributed by atoms with van der Waals surface area (Å²) < 4.78 is 0. The minimum atomic E-state index is -0.0338. The van der Waals surface area contributed by atoms with Gasteiger partial charge in [0.25, 0.3) is 0 Å². The number of carbonyl (C=O) groups is 1. The van der Waals surface area contributed by atoms with Gasteiger partial charge in [-0.15, -0.1) is 0 Å². The van der Waals surface area contributed by atoms with Gasteiger partial charge in [0.15, 0.2) is 0 Å². The summed E-state index contributed by atoms with van der Waals surface area (Å²) >= 11 is 0. The van der Waals surface area contributed by atoms with Crippen molar-refractivity contribution in [3.05, 3.63) is 23.8 Å². The lowest BCUT2D eigenvalue weighted by Crippen LogP contribution is -2.19. The van der Waals surface area contributed by atoms with Crippen LogP contribution in [0, 0.1) is 6.92 Å². The Labute approximate surface area is 116 Å². The monoisotopic (exact) mass is 262 g/mol. The van der Waals surface area contributed by atoms with Crippen molar-refractivity contribution in [1.82, 2.24) is 0 Å². The maximum Gasteiger partial charge on any atom is 0.221 e. The van der Waals surface area contributed by atoms with Crippen LogP contribution < -0.4 is 10.6 Å². The Morgan fingerprint density at radius 1 is 1.21 bits per heavy atom. The van der Waals surface area contributed by atoms with Crippen molar-refractivity contribution in [2.45, 2.75) is 59.4 Å². The predicted molar refractivity (Wildman–Crippen MR) is 82.7 cm³/mol. The van der Waals surface area contributed by atoms with E-state index in [0.29, 0.717) is 6.04 Å². The van der Waals surface area contributed by atoms with Crippen LogP contribution in [0.2, 0.25) is 0 Å². The molecule has 0 saturated heterocycles. The van der Waals surface area contributed by atoms with Gasteiger partial charge >= 0.3 is 0 Å². The quantitative estimate of drug-likeness (QED) is 0.767. The van der Waals surface area contributed by atoms with E-state index in [1.54, 1.807) is 0 Å². The Kier molecular flexibility index (Phi) is 6.40. The highest BCUT2D eigenvalue weighted by Gasteiger charge is 2.09. The number of nitrogens with one attached hydrogen (secondary N) is 2. The molecule has 1 amide bonds. The van der Waals surface area contributed by atoms with Crippen LogP contribution in [0.3, 0.4) is 0 Å². The maximum absolute atomic E-state index is 11.1. The lowest BCUT2D eigenvalue weighted by molar-refractivity contribution is -0.114. The molecule has 0 heterocycles. The highest BCUT2D eigenvalue weighted by molar-refractivity contribution is 5.89. The van der Waals surface area contributed by atoms with E-state index < -0.39 is 0 Å². The van der Waals surface area contributed by atoms with Crippen LogP contribution in [-0.4, -0.2) is 11.9 Å². The summed E-state index contributed by atoms with van der Waals surface area (Å²) in [7, 11) is 0. The van der Waals surface area contributed by atoms with Gasteiger partial charge < -0.3 is 10.6 Å². The third-order valence-electron chi connectivity index (χ3n) is 3.19. The lowest BCUT2D eigenvalue weighted by atomic mass is 10.1. The largest absolute Gasteiger partial charge is 0.382 e. The van der Waals surface area contributed by atoms with Gasteiger partial charge in [-0.1, -0.05) is 32.8 Å². The number of amides is 1. The zero-order valence-corrected chi connectivity index (χ0v) is 12.5. The number of hydrogen-bond donors (Lipinski definition) is 2. The van der Waals surface area contributed by atoms with E-state index in [1.165, 1.54) is 38.2 Å². The Bertz CT molecular complexity index is 409. The average Bonchev–Trinajstić information content (AvgIpc) is 2.33. The first-order chi connectivity index (χ1) is 9.06. The lowest BCUT2D eigenvalue weighted by Gasteiger charge is -2.21. The molecule has 0 bridgehead atoms. The van der Waals surface area contributed by atoms with Crippen molar-refractivity contribution < 1.29 is 4.79 Å². The molecule has 1 aromatic rings. The maximum atomic E-state index is 11.1. The van der Waals surface area contributed by atoms with Gasteiger partial charge in [-0.05, 0) is 37.5 Å². The van der Waals surface area contributed by atoms with E-state index in [-0.39, 0.29) is 5.91 Å². The molecule has 106 valence electrons. The molecule has 1 aromatic carbocycles. The fourth-order valence-corrected chi connectivity index (χ4v) is 2.26. The van der Waals surface area contributed by atoms with Gasteiger partial charge in [0, 0.05) is 24.3 Å². The van der Waals surface area contributed by atoms with Gasteiger partial charge in [-0.2, -0.15) is 0 Å². The number of anilines is 2. The number of aryl methyl sites for hydroxylation is 1. The highest BCUT2D eigenvalue weighted by atomic mass is 16.1. The average molecular weight is 262 g/mol. The molecule has 0 saturated carbocycles. The normalized spacial score (nSPS) is 10.6. The highest BCUT2D eigenvalue weighted by Crippen LogP contribution is 2.23. The van der Waals surface area contributed by atoms with E-state index in [1.807, 2.05) is 18.2 Å². The zero-order valence-electron chi connectivity index (χ0n) is 12.5. The first-order valence-corrected chi connectivity index (χ1v) is 7.21. The van der Waals surface area contributed by atoms with Gasteiger partial charge in [0.2, 0.25) is 5.91 Å². The number of hydrogen-bond acceptors (Lipinski definition) is 2. The molecule has 3 nitrogen and oxygen atoms in total. The third kappa shape index (κ3) is 5.33. The molecular formula is C16H26N2O. The van der Waals surface area contributed by atoms with E-state index in [2.05, 4.69) is 31.4 Å². The zero-order chi connectivity index (χ0) is 14.3. The minimum Gasteiger partial charge on any atom is -0.382 e. The van der Waals surface area contributed by atoms with E-state index >= 15 is 0 Å². The molecule has 0 aliphatic heterocycles. The predicted octanol–water partition coefficient (Wildman–Crippen LogP) is 4.33. The van der Waals surface area contributed by atoms with Crippen molar-refractivity contribution in [1.29, 1.82) is 0 Å². The van der Waals surface area contributed by atoms with Crippen molar-refractivity contribution in [3.63, 3.8) is 0 Å². The Morgan fingerprint density at radius 2 is 1.84 bits per heavy atom. The van der Waals surface area contributed by atoms with Crippen LogP contribution in [0.25, 0.3) is 0 Å². The molecule has 1 rings (SSSR count). The molecule has 0 aromatic heterocycles. The fourth-order valence-electron chi connectivity index (χ4n) is 2.26. The molecular weight excluding hydrogens is 236 g/mol. The van der Waals surface area contributed by atoms with Gasteiger partial charge in [0.1, 0.15) is 0 Å². The van der Waals surface area contributed by atoms with Gasteiger partial charge in [-0.3, -0.25) is 4.79 Å². The molecule has 0 atom stereocenters. The Balaban J connectivity index is 2.82. The standard InChI is InChI=1S/C16H26N2O/c1-5-7-14(8-6-2)18-16-11-15(17-13(4)19)10-9-12(16)3/h9-11,14,18H,5-8H2,1-4H3,(H,17,19). The van der Waals surface area contributed by atoms with Crippen LogP contribution in [0.5, 0.6) is 0 Å². The van der Waals surface area contributed by atoms with Crippen molar-refractivity contribution in [2.24, 2.45) is 0 Å². The third-order valence-corrected chi connectivity index (χ3v) is 3.19. The second-order valence-corrected chi connectivity index (χ2v) is 5.13. The second kappa shape index (κ2) is 7.82. The fraction of sp³-hybridized carbons (Fsp3) is 0.562. The molecule has 0 fully saturated rings. The van der Waals surface area contributed by atoms with Crippen LogP contribution in [0.4, 0.5) is 11.4 Å². The summed E-state index contributed by atoms with van der Waals surface area (Å²) in [5.41, 5.74) is 3.19. The molecule has 0 radical (unpaired) electrons. The molecule has 0 unspecified atom stereocenters. The van der Waals surface area contributed by atoms with Crippen LogP contribution in [0.15, 0.2) is 18.2 Å². The van der Waals surface area contributed by atoms with Crippen LogP contribution in [0.1, 0.15) is 52.0 Å². The topological polar surface area (TPSA) is 41.1 Å². The number of carbonyl (C=O) groups excluding carboxylic acids is 1. The van der Waals surface area contributed by atoms with Crippen LogP contribution in [-0.2, 0) is 4.79 Å². The summed E-state index contributed by atoms with van der Waals surface area (Å²) in [6.45, 7) is 8.05. The molecule has 3 heteroatoms. The van der Waals surface area contributed by atoms with Crippen LogP contribution >= 0.6 is 0 Å². The summed E-state index contributed by atoms with van der Waals surface area (Å²) in [4.78, 5) is 11.1. The molecule has 19 heavy (non-hydrogen) atoms. The summed E-state index contributed by atoms with van der Waals surface area (Å²) in [5, 5.41) is 6.44. The van der Waals surface area contributed by atoms with Gasteiger partial charge in [-0.25, -0.2) is 0 Å². The SMILES string of the molecule is CCCC(CCC)Nc1cc(NC(C)=O)ccc1C.